The molecule has 0 fully saturated rings. The highest BCUT2D eigenvalue weighted by molar-refractivity contribution is 5.81. The van der Waals surface area contributed by atoms with Crippen LogP contribution in [-0.4, -0.2) is 43.9 Å². The maximum Gasteiger partial charge on any atom is 0.249 e. The highest BCUT2D eigenvalue weighted by Gasteiger charge is 2.22. The number of amides is 1. The van der Waals surface area contributed by atoms with Crippen molar-refractivity contribution in [1.29, 1.82) is 0 Å². The van der Waals surface area contributed by atoms with E-state index in [1.807, 2.05) is 20.8 Å². The highest BCUT2D eigenvalue weighted by atomic mass is 16.5. The van der Waals surface area contributed by atoms with Crippen molar-refractivity contribution in [3.05, 3.63) is 0 Å². The fraction of sp³-hybridized carbons (Fsp3) is 0.909. The molecule has 0 saturated heterocycles. The molecule has 1 atom stereocenters. The molecule has 0 aromatic carbocycles. The van der Waals surface area contributed by atoms with Crippen LogP contribution in [-0.2, 0) is 14.3 Å². The molecule has 3 N–H and O–H groups in total. The number of carbonyl (C=O) groups excluding carboxylic acids is 1. The number of hydrogen-bond acceptors (Lipinski definition) is 4. The van der Waals surface area contributed by atoms with Crippen LogP contribution in [0.15, 0.2) is 0 Å². The number of nitrogens with one attached hydrogen (secondary N) is 1. The molecule has 5 heteroatoms. The number of ether oxygens (including phenoxy) is 2. The van der Waals surface area contributed by atoms with Crippen LogP contribution < -0.4 is 11.1 Å². The Kier molecular flexibility index (Phi) is 7.29. The summed E-state index contributed by atoms with van der Waals surface area (Å²) in [6.45, 7) is 9.36. The molecule has 0 rings (SSSR count). The zero-order valence-corrected chi connectivity index (χ0v) is 10.7. The van der Waals surface area contributed by atoms with Gasteiger partial charge in [-0.2, -0.15) is 0 Å². The van der Waals surface area contributed by atoms with Gasteiger partial charge in [-0.1, -0.05) is 0 Å². The molecular weight excluding hydrogens is 208 g/mol. The summed E-state index contributed by atoms with van der Waals surface area (Å²) < 4.78 is 10.4. The summed E-state index contributed by atoms with van der Waals surface area (Å²) in [5.74, 6) is -0.146. The van der Waals surface area contributed by atoms with E-state index >= 15 is 0 Å². The van der Waals surface area contributed by atoms with Gasteiger partial charge in [0, 0.05) is 18.7 Å². The van der Waals surface area contributed by atoms with Crippen molar-refractivity contribution in [3.63, 3.8) is 0 Å². The van der Waals surface area contributed by atoms with Crippen LogP contribution in [0, 0.1) is 0 Å². The van der Waals surface area contributed by atoms with Crippen molar-refractivity contribution in [2.24, 2.45) is 5.73 Å². The van der Waals surface area contributed by atoms with Crippen molar-refractivity contribution in [2.75, 3.05) is 26.4 Å². The standard InChI is InChI=1S/C11H24N2O3/c1-5-15-6-7-16-9(2)10(14)13-11(3,4)8-12/h9H,5-8,12H2,1-4H3,(H,13,14). The Morgan fingerprint density at radius 3 is 2.56 bits per heavy atom. The second-order valence-corrected chi connectivity index (χ2v) is 4.29. The molecule has 1 unspecified atom stereocenters. The number of carbonyl (C=O) groups is 1. The average Bonchev–Trinajstić information content (AvgIpc) is 2.23. The topological polar surface area (TPSA) is 73.6 Å². The number of rotatable bonds is 8. The van der Waals surface area contributed by atoms with Gasteiger partial charge in [-0.25, -0.2) is 0 Å². The van der Waals surface area contributed by atoms with E-state index in [1.165, 1.54) is 0 Å². The summed E-state index contributed by atoms with van der Waals surface area (Å²) >= 11 is 0. The average molecular weight is 232 g/mol. The van der Waals surface area contributed by atoms with E-state index in [0.717, 1.165) is 0 Å². The third kappa shape index (κ3) is 6.76. The molecule has 0 bridgehead atoms. The van der Waals surface area contributed by atoms with Gasteiger partial charge in [-0.3, -0.25) is 4.79 Å². The van der Waals surface area contributed by atoms with Crippen LogP contribution in [0.4, 0.5) is 0 Å². The predicted octanol–water partition coefficient (Wildman–Crippen LogP) is 0.282. The quantitative estimate of drug-likeness (QED) is 0.590. The summed E-state index contributed by atoms with van der Waals surface area (Å²) in [4.78, 5) is 11.6. The van der Waals surface area contributed by atoms with E-state index in [-0.39, 0.29) is 5.91 Å². The fourth-order valence-electron chi connectivity index (χ4n) is 0.990. The fourth-order valence-corrected chi connectivity index (χ4v) is 0.990. The normalized spacial score (nSPS) is 13.6. The molecule has 96 valence electrons. The van der Waals surface area contributed by atoms with Crippen molar-refractivity contribution >= 4 is 5.91 Å². The van der Waals surface area contributed by atoms with Crippen LogP contribution in [0.5, 0.6) is 0 Å². The molecule has 0 aliphatic carbocycles. The second-order valence-electron chi connectivity index (χ2n) is 4.29. The van der Waals surface area contributed by atoms with Gasteiger partial charge in [0.1, 0.15) is 6.10 Å². The van der Waals surface area contributed by atoms with Gasteiger partial charge in [0.05, 0.1) is 13.2 Å². The van der Waals surface area contributed by atoms with E-state index in [2.05, 4.69) is 5.32 Å². The molecule has 0 spiro atoms. The van der Waals surface area contributed by atoms with Gasteiger partial charge in [0.2, 0.25) is 5.91 Å². The Hall–Kier alpha value is -0.650. The van der Waals surface area contributed by atoms with Crippen molar-refractivity contribution in [1.82, 2.24) is 5.32 Å². The maximum absolute atomic E-state index is 11.6. The maximum atomic E-state index is 11.6. The van der Waals surface area contributed by atoms with E-state index in [0.29, 0.717) is 26.4 Å². The summed E-state index contributed by atoms with van der Waals surface area (Å²) in [5.41, 5.74) is 5.12. The van der Waals surface area contributed by atoms with Gasteiger partial charge in [-0.15, -0.1) is 0 Å². The summed E-state index contributed by atoms with van der Waals surface area (Å²) in [6, 6.07) is 0. The molecule has 16 heavy (non-hydrogen) atoms. The third-order valence-electron chi connectivity index (χ3n) is 2.14. The van der Waals surface area contributed by atoms with Gasteiger partial charge >= 0.3 is 0 Å². The smallest absolute Gasteiger partial charge is 0.249 e. The van der Waals surface area contributed by atoms with E-state index in [9.17, 15) is 4.79 Å². The lowest BCUT2D eigenvalue weighted by Gasteiger charge is -2.26. The molecule has 1 amide bonds. The first kappa shape index (κ1) is 15.3. The molecule has 5 nitrogen and oxygen atoms in total. The Labute approximate surface area is 97.7 Å². The molecule has 0 aromatic rings. The lowest BCUT2D eigenvalue weighted by molar-refractivity contribution is -0.134. The lowest BCUT2D eigenvalue weighted by Crippen LogP contribution is -2.52. The van der Waals surface area contributed by atoms with E-state index in [1.54, 1.807) is 6.92 Å². The van der Waals surface area contributed by atoms with Gasteiger partial charge in [0.25, 0.3) is 0 Å². The molecule has 0 aliphatic heterocycles. The van der Waals surface area contributed by atoms with Crippen LogP contribution in [0.3, 0.4) is 0 Å². The molecule has 0 radical (unpaired) electrons. The van der Waals surface area contributed by atoms with Gasteiger partial charge in [-0.05, 0) is 27.7 Å². The molecule has 0 saturated carbocycles. The first-order chi connectivity index (χ1) is 7.43. The number of hydrogen-bond donors (Lipinski definition) is 2. The predicted molar refractivity (Wildman–Crippen MR) is 63.2 cm³/mol. The van der Waals surface area contributed by atoms with Crippen LogP contribution in [0.25, 0.3) is 0 Å². The van der Waals surface area contributed by atoms with Crippen molar-refractivity contribution < 1.29 is 14.3 Å². The Balaban J connectivity index is 3.82. The third-order valence-corrected chi connectivity index (χ3v) is 2.14. The van der Waals surface area contributed by atoms with Gasteiger partial charge < -0.3 is 20.5 Å². The largest absolute Gasteiger partial charge is 0.379 e. The zero-order valence-electron chi connectivity index (χ0n) is 10.7. The minimum Gasteiger partial charge on any atom is -0.379 e. The van der Waals surface area contributed by atoms with Crippen LogP contribution in [0.1, 0.15) is 27.7 Å². The van der Waals surface area contributed by atoms with Gasteiger partial charge in [0.15, 0.2) is 0 Å². The Morgan fingerprint density at radius 1 is 1.44 bits per heavy atom. The summed E-state index contributed by atoms with van der Waals surface area (Å²) in [6.07, 6.45) is -0.480. The molecule has 0 aliphatic rings. The zero-order chi connectivity index (χ0) is 12.6. The highest BCUT2D eigenvalue weighted by Crippen LogP contribution is 2.01. The van der Waals surface area contributed by atoms with Crippen LogP contribution >= 0.6 is 0 Å². The molecular formula is C11H24N2O3. The van der Waals surface area contributed by atoms with E-state index < -0.39 is 11.6 Å². The van der Waals surface area contributed by atoms with Crippen molar-refractivity contribution in [3.8, 4) is 0 Å². The Bertz CT molecular complexity index is 207. The van der Waals surface area contributed by atoms with Crippen LogP contribution in [0.2, 0.25) is 0 Å². The minimum absolute atomic E-state index is 0.146. The monoisotopic (exact) mass is 232 g/mol. The van der Waals surface area contributed by atoms with E-state index in [4.69, 9.17) is 15.2 Å². The Morgan fingerprint density at radius 2 is 2.06 bits per heavy atom. The summed E-state index contributed by atoms with van der Waals surface area (Å²) in [7, 11) is 0. The van der Waals surface area contributed by atoms with Crippen molar-refractivity contribution in [2.45, 2.75) is 39.3 Å². The molecule has 0 aromatic heterocycles. The first-order valence-electron chi connectivity index (χ1n) is 5.64. The first-order valence-corrected chi connectivity index (χ1v) is 5.64. The second kappa shape index (κ2) is 7.60. The number of nitrogens with two attached hydrogens (primary N) is 1. The minimum atomic E-state index is -0.480. The SMILES string of the molecule is CCOCCOC(C)C(=O)NC(C)(C)CN. The summed E-state index contributed by atoms with van der Waals surface area (Å²) in [5, 5.41) is 2.82. The lowest BCUT2D eigenvalue weighted by atomic mass is 10.1. The molecule has 0 heterocycles.